The van der Waals surface area contributed by atoms with Crippen LogP contribution in [0.15, 0.2) is 0 Å². The molecule has 0 atom stereocenters. The Morgan fingerprint density at radius 3 is 2.71 bits per heavy atom. The Morgan fingerprint density at radius 1 is 1.50 bits per heavy atom. The standard InChI is InChI=1S/C6H13N5O2S/c1-11-9-6(8-10-11)5-14(12,13)4-2-3-7/h2-5,7H2,1H3. The second-order valence-corrected chi connectivity index (χ2v) is 5.11. The molecular weight excluding hydrogens is 206 g/mol. The number of aryl methyl sites for hydroxylation is 1. The van der Waals surface area contributed by atoms with Gasteiger partial charge in [-0.15, -0.1) is 10.2 Å². The lowest BCUT2D eigenvalue weighted by Gasteiger charge is -1.98. The number of sulfone groups is 1. The Hall–Kier alpha value is -1.02. The van der Waals surface area contributed by atoms with Crippen LogP contribution >= 0.6 is 0 Å². The second kappa shape index (κ2) is 4.47. The summed E-state index contributed by atoms with van der Waals surface area (Å²) in [5, 5.41) is 10.9. The van der Waals surface area contributed by atoms with Crippen molar-refractivity contribution in [2.45, 2.75) is 12.2 Å². The van der Waals surface area contributed by atoms with E-state index in [9.17, 15) is 8.42 Å². The van der Waals surface area contributed by atoms with Crippen molar-refractivity contribution < 1.29 is 8.42 Å². The van der Waals surface area contributed by atoms with Gasteiger partial charge < -0.3 is 5.73 Å². The lowest BCUT2D eigenvalue weighted by molar-refractivity contribution is 0.590. The van der Waals surface area contributed by atoms with Gasteiger partial charge in [-0.3, -0.25) is 0 Å². The maximum Gasteiger partial charge on any atom is 0.189 e. The molecule has 1 aromatic heterocycles. The molecule has 1 heterocycles. The number of aromatic nitrogens is 4. The van der Waals surface area contributed by atoms with Crippen LogP contribution in [0.3, 0.4) is 0 Å². The van der Waals surface area contributed by atoms with Gasteiger partial charge in [0, 0.05) is 0 Å². The van der Waals surface area contributed by atoms with Crippen molar-refractivity contribution in [3.8, 4) is 0 Å². The molecule has 0 bridgehead atoms. The van der Waals surface area contributed by atoms with Gasteiger partial charge in [0.1, 0.15) is 5.75 Å². The molecule has 2 N–H and O–H groups in total. The highest BCUT2D eigenvalue weighted by molar-refractivity contribution is 7.90. The minimum atomic E-state index is -3.14. The molecule has 0 aliphatic heterocycles. The van der Waals surface area contributed by atoms with E-state index in [-0.39, 0.29) is 17.3 Å². The van der Waals surface area contributed by atoms with Crippen molar-refractivity contribution in [2.75, 3.05) is 12.3 Å². The van der Waals surface area contributed by atoms with Gasteiger partial charge in [0.05, 0.1) is 12.8 Å². The molecule has 0 aromatic carbocycles. The molecule has 0 fully saturated rings. The maximum atomic E-state index is 11.4. The molecule has 1 aromatic rings. The van der Waals surface area contributed by atoms with E-state index in [1.54, 1.807) is 7.05 Å². The molecule has 8 heteroatoms. The van der Waals surface area contributed by atoms with Crippen molar-refractivity contribution in [1.29, 1.82) is 0 Å². The van der Waals surface area contributed by atoms with Crippen LogP contribution < -0.4 is 5.73 Å². The van der Waals surface area contributed by atoms with Gasteiger partial charge in [-0.25, -0.2) is 8.42 Å². The Balaban J connectivity index is 2.59. The lowest BCUT2D eigenvalue weighted by atomic mass is 10.5. The van der Waals surface area contributed by atoms with Crippen LogP contribution in [-0.4, -0.2) is 40.9 Å². The first-order valence-corrected chi connectivity index (χ1v) is 5.99. The van der Waals surface area contributed by atoms with Gasteiger partial charge in [-0.1, -0.05) is 0 Å². The lowest BCUT2D eigenvalue weighted by Crippen LogP contribution is -2.14. The molecule has 0 aliphatic rings. The molecule has 0 unspecified atom stereocenters. The molecule has 0 spiro atoms. The number of nitrogens with zero attached hydrogens (tertiary/aromatic N) is 4. The summed E-state index contributed by atoms with van der Waals surface area (Å²) in [6.45, 7) is 0.368. The number of tetrazole rings is 1. The van der Waals surface area contributed by atoms with Crippen molar-refractivity contribution in [3.63, 3.8) is 0 Å². The summed E-state index contributed by atoms with van der Waals surface area (Å²) in [5.74, 6) is 0.132. The molecule has 0 saturated carbocycles. The number of hydrogen-bond acceptors (Lipinski definition) is 6. The minimum Gasteiger partial charge on any atom is -0.330 e. The molecule has 0 amide bonds. The van der Waals surface area contributed by atoms with Gasteiger partial charge in [0.15, 0.2) is 15.7 Å². The summed E-state index contributed by atoms with van der Waals surface area (Å²) in [7, 11) is -1.56. The average molecular weight is 219 g/mol. The fourth-order valence-corrected chi connectivity index (χ4v) is 2.21. The highest BCUT2D eigenvalue weighted by Gasteiger charge is 2.14. The summed E-state index contributed by atoms with van der Waals surface area (Å²) >= 11 is 0. The largest absolute Gasteiger partial charge is 0.330 e. The summed E-state index contributed by atoms with van der Waals surface area (Å²) in [4.78, 5) is 1.23. The first-order valence-electron chi connectivity index (χ1n) is 4.17. The zero-order valence-corrected chi connectivity index (χ0v) is 8.74. The summed E-state index contributed by atoms with van der Waals surface area (Å²) in [5.41, 5.74) is 5.22. The zero-order chi connectivity index (χ0) is 10.6. The maximum absolute atomic E-state index is 11.4. The highest BCUT2D eigenvalue weighted by Crippen LogP contribution is 2.00. The molecule has 0 radical (unpaired) electrons. The quantitative estimate of drug-likeness (QED) is 0.644. The molecular formula is C6H13N5O2S. The van der Waals surface area contributed by atoms with E-state index in [0.29, 0.717) is 13.0 Å². The predicted octanol–water partition coefficient (Wildman–Crippen LogP) is -1.53. The van der Waals surface area contributed by atoms with Crippen LogP contribution in [-0.2, 0) is 22.6 Å². The predicted molar refractivity (Wildman–Crippen MR) is 50.0 cm³/mol. The van der Waals surface area contributed by atoms with Crippen molar-refractivity contribution in [1.82, 2.24) is 20.2 Å². The average Bonchev–Trinajstić information content (AvgIpc) is 2.47. The third kappa shape index (κ3) is 3.38. The Bertz CT molecular complexity index is 385. The molecule has 80 valence electrons. The van der Waals surface area contributed by atoms with Gasteiger partial charge in [-0.2, -0.15) is 4.80 Å². The van der Waals surface area contributed by atoms with Crippen molar-refractivity contribution in [3.05, 3.63) is 5.82 Å². The first kappa shape index (κ1) is 11.1. The monoisotopic (exact) mass is 219 g/mol. The highest BCUT2D eigenvalue weighted by atomic mass is 32.2. The van der Waals surface area contributed by atoms with Crippen LogP contribution in [0.25, 0.3) is 0 Å². The third-order valence-corrected chi connectivity index (χ3v) is 3.17. The first-order chi connectivity index (χ1) is 6.53. The topological polar surface area (TPSA) is 104 Å². The Morgan fingerprint density at radius 2 is 2.21 bits per heavy atom. The van der Waals surface area contributed by atoms with Crippen LogP contribution in [0.2, 0.25) is 0 Å². The van der Waals surface area contributed by atoms with E-state index in [1.807, 2.05) is 0 Å². The third-order valence-electron chi connectivity index (χ3n) is 1.56. The van der Waals surface area contributed by atoms with Crippen LogP contribution in [0.4, 0.5) is 0 Å². The number of rotatable bonds is 5. The molecule has 0 aliphatic carbocycles. The van der Waals surface area contributed by atoms with E-state index in [1.165, 1.54) is 4.80 Å². The Labute approximate surface area is 82.2 Å². The van der Waals surface area contributed by atoms with E-state index in [0.717, 1.165) is 0 Å². The van der Waals surface area contributed by atoms with Gasteiger partial charge in [0.2, 0.25) is 0 Å². The van der Waals surface area contributed by atoms with Crippen molar-refractivity contribution >= 4 is 9.84 Å². The SMILES string of the molecule is Cn1nnc(CS(=O)(=O)CCCN)n1. The summed E-state index contributed by atoms with van der Waals surface area (Å²) < 4.78 is 22.8. The fraction of sp³-hybridized carbons (Fsp3) is 0.833. The van der Waals surface area contributed by atoms with E-state index < -0.39 is 9.84 Å². The zero-order valence-electron chi connectivity index (χ0n) is 7.92. The molecule has 7 nitrogen and oxygen atoms in total. The van der Waals surface area contributed by atoms with E-state index in [2.05, 4.69) is 15.4 Å². The summed E-state index contributed by atoms with van der Waals surface area (Å²) in [6, 6.07) is 0. The molecule has 14 heavy (non-hydrogen) atoms. The van der Waals surface area contributed by atoms with E-state index >= 15 is 0 Å². The minimum absolute atomic E-state index is 0.0712. The van der Waals surface area contributed by atoms with Crippen LogP contribution in [0, 0.1) is 0 Å². The molecule has 1 rings (SSSR count). The number of hydrogen-bond donors (Lipinski definition) is 1. The van der Waals surface area contributed by atoms with Crippen LogP contribution in [0.1, 0.15) is 12.2 Å². The van der Waals surface area contributed by atoms with Crippen molar-refractivity contribution in [2.24, 2.45) is 12.8 Å². The van der Waals surface area contributed by atoms with Gasteiger partial charge in [-0.05, 0) is 18.2 Å². The fourth-order valence-electron chi connectivity index (χ4n) is 0.953. The van der Waals surface area contributed by atoms with Gasteiger partial charge >= 0.3 is 0 Å². The smallest absolute Gasteiger partial charge is 0.189 e. The van der Waals surface area contributed by atoms with Crippen LogP contribution in [0.5, 0.6) is 0 Å². The normalized spacial score (nSPS) is 11.9. The van der Waals surface area contributed by atoms with E-state index in [4.69, 9.17) is 5.73 Å². The second-order valence-electron chi connectivity index (χ2n) is 2.93. The Kier molecular flexibility index (Phi) is 3.53. The summed E-state index contributed by atoms with van der Waals surface area (Å²) in [6.07, 6.45) is 0.461. The molecule has 0 saturated heterocycles. The number of nitrogens with two attached hydrogens (primary N) is 1. The van der Waals surface area contributed by atoms with Gasteiger partial charge in [0.25, 0.3) is 0 Å².